The number of aromatic nitrogens is 1. The molecule has 2 aliphatic carbocycles. The predicted molar refractivity (Wildman–Crippen MR) is 70.7 cm³/mol. The first kappa shape index (κ1) is 12.5. The van der Waals surface area contributed by atoms with E-state index in [1.165, 1.54) is 19.3 Å². The molecule has 2 N–H and O–H groups in total. The average molecular weight is 261 g/mol. The van der Waals surface area contributed by atoms with Gasteiger partial charge in [0.2, 0.25) is 0 Å². The normalized spacial score (nSPS) is 21.4. The van der Waals surface area contributed by atoms with Crippen LogP contribution < -0.4 is 0 Å². The van der Waals surface area contributed by atoms with Crippen LogP contribution >= 0.6 is 0 Å². The third-order valence-corrected chi connectivity index (χ3v) is 4.82. The Morgan fingerprint density at radius 3 is 2.53 bits per heavy atom. The van der Waals surface area contributed by atoms with Crippen LogP contribution in [0.1, 0.15) is 70.6 Å². The summed E-state index contributed by atoms with van der Waals surface area (Å²) in [6.45, 7) is 1.73. The Kier molecular flexibility index (Phi) is 2.77. The fourth-order valence-corrected chi connectivity index (χ4v) is 3.90. The highest BCUT2D eigenvalue weighted by Gasteiger charge is 2.41. The summed E-state index contributed by atoms with van der Waals surface area (Å²) in [4.78, 5) is 26.6. The number of nitrogens with one attached hydrogen (secondary N) is 1. The van der Waals surface area contributed by atoms with E-state index in [1.807, 2.05) is 0 Å². The lowest BCUT2D eigenvalue weighted by Crippen LogP contribution is -2.34. The second-order valence-corrected chi connectivity index (χ2v) is 6.12. The van der Waals surface area contributed by atoms with Crippen LogP contribution in [0.3, 0.4) is 0 Å². The summed E-state index contributed by atoms with van der Waals surface area (Å²) >= 11 is 0. The minimum absolute atomic E-state index is 0.0927. The van der Waals surface area contributed by atoms with Crippen LogP contribution in [0.5, 0.6) is 0 Å². The highest BCUT2D eigenvalue weighted by molar-refractivity contribution is 6.03. The molecular weight excluding hydrogens is 242 g/mol. The van der Waals surface area contributed by atoms with Crippen molar-refractivity contribution in [3.8, 4) is 0 Å². The summed E-state index contributed by atoms with van der Waals surface area (Å²) in [5.41, 5.74) is 2.39. The third-order valence-electron chi connectivity index (χ3n) is 4.82. The van der Waals surface area contributed by atoms with E-state index in [4.69, 9.17) is 5.11 Å². The number of carbonyl (C=O) groups is 2. The van der Waals surface area contributed by atoms with Crippen molar-refractivity contribution in [3.63, 3.8) is 0 Å². The van der Waals surface area contributed by atoms with E-state index < -0.39 is 5.97 Å². The standard InChI is InChI=1S/C15H19NO3/c1-9-12-10(16-13(9)14(18)19)7-15(8-11(12)17)5-3-2-4-6-15/h16H,2-8H2,1H3,(H,18,19). The molecule has 0 aromatic carbocycles. The molecule has 1 saturated carbocycles. The number of hydrogen-bond donors (Lipinski definition) is 2. The Labute approximate surface area is 112 Å². The summed E-state index contributed by atoms with van der Waals surface area (Å²) in [6.07, 6.45) is 7.26. The van der Waals surface area contributed by atoms with Crippen LogP contribution in [0.15, 0.2) is 0 Å². The van der Waals surface area contributed by atoms with Crippen LogP contribution in [0, 0.1) is 12.3 Å². The highest BCUT2D eigenvalue weighted by Crippen LogP contribution is 2.46. The zero-order valence-electron chi connectivity index (χ0n) is 11.2. The fourth-order valence-electron chi connectivity index (χ4n) is 3.90. The van der Waals surface area contributed by atoms with Gasteiger partial charge >= 0.3 is 5.97 Å². The van der Waals surface area contributed by atoms with Gasteiger partial charge in [-0.1, -0.05) is 19.3 Å². The molecule has 1 aromatic heterocycles. The van der Waals surface area contributed by atoms with Crippen molar-refractivity contribution in [1.29, 1.82) is 0 Å². The van der Waals surface area contributed by atoms with Crippen molar-refractivity contribution in [2.45, 2.75) is 51.9 Å². The maximum atomic E-state index is 12.4. The van der Waals surface area contributed by atoms with Crippen molar-refractivity contribution in [2.24, 2.45) is 5.41 Å². The number of aromatic amines is 1. The molecule has 102 valence electrons. The van der Waals surface area contributed by atoms with Gasteiger partial charge in [0.1, 0.15) is 5.69 Å². The van der Waals surface area contributed by atoms with E-state index in [0.29, 0.717) is 17.5 Å². The lowest BCUT2D eigenvalue weighted by atomic mass is 9.64. The van der Waals surface area contributed by atoms with Crippen molar-refractivity contribution in [2.75, 3.05) is 0 Å². The van der Waals surface area contributed by atoms with Crippen LogP contribution in [0.2, 0.25) is 0 Å². The minimum atomic E-state index is -0.975. The lowest BCUT2D eigenvalue weighted by molar-refractivity contribution is 0.0689. The van der Waals surface area contributed by atoms with Gasteiger partial charge < -0.3 is 10.1 Å². The molecule has 0 aliphatic heterocycles. The van der Waals surface area contributed by atoms with Crippen LogP contribution in [0.4, 0.5) is 0 Å². The molecule has 0 amide bonds. The van der Waals surface area contributed by atoms with Crippen molar-refractivity contribution in [3.05, 3.63) is 22.5 Å². The molecule has 1 fully saturated rings. The Hall–Kier alpha value is -1.58. The molecule has 0 atom stereocenters. The van der Waals surface area contributed by atoms with E-state index in [-0.39, 0.29) is 16.9 Å². The first-order chi connectivity index (χ1) is 9.02. The number of Topliss-reactive ketones (excluding diaryl/α,β-unsaturated/α-hetero) is 1. The zero-order chi connectivity index (χ0) is 13.6. The Bertz CT molecular complexity index is 550. The van der Waals surface area contributed by atoms with Crippen LogP contribution in [-0.4, -0.2) is 21.8 Å². The minimum Gasteiger partial charge on any atom is -0.477 e. The van der Waals surface area contributed by atoms with Crippen LogP contribution in [-0.2, 0) is 6.42 Å². The van der Waals surface area contributed by atoms with Gasteiger partial charge in [0.05, 0.1) is 0 Å². The Morgan fingerprint density at radius 1 is 1.21 bits per heavy atom. The highest BCUT2D eigenvalue weighted by atomic mass is 16.4. The first-order valence-corrected chi connectivity index (χ1v) is 7.00. The number of ketones is 1. The van der Waals surface area contributed by atoms with Gasteiger partial charge in [0, 0.05) is 17.7 Å². The number of fused-ring (bicyclic) bond motifs is 1. The topological polar surface area (TPSA) is 70.2 Å². The summed E-state index contributed by atoms with van der Waals surface area (Å²) < 4.78 is 0. The molecule has 0 radical (unpaired) electrons. The number of aromatic carboxylic acids is 1. The molecule has 4 nitrogen and oxygen atoms in total. The van der Waals surface area contributed by atoms with Crippen LogP contribution in [0.25, 0.3) is 0 Å². The lowest BCUT2D eigenvalue weighted by Gasteiger charge is -2.39. The largest absolute Gasteiger partial charge is 0.477 e. The fraction of sp³-hybridized carbons (Fsp3) is 0.600. The number of H-pyrrole nitrogens is 1. The predicted octanol–water partition coefficient (Wildman–Crippen LogP) is 3.10. The number of carboxylic acids is 1. The van der Waals surface area contributed by atoms with Gasteiger partial charge in [-0.25, -0.2) is 4.79 Å². The number of carboxylic acid groups (broad SMARTS) is 1. The quantitative estimate of drug-likeness (QED) is 0.816. The van der Waals surface area contributed by atoms with Gasteiger partial charge in [-0.05, 0) is 37.2 Å². The molecule has 0 saturated heterocycles. The molecule has 1 heterocycles. The maximum Gasteiger partial charge on any atom is 0.352 e. The van der Waals surface area contributed by atoms with Crippen molar-refractivity contribution >= 4 is 11.8 Å². The number of hydrogen-bond acceptors (Lipinski definition) is 2. The van der Waals surface area contributed by atoms with Crippen molar-refractivity contribution in [1.82, 2.24) is 4.98 Å². The van der Waals surface area contributed by atoms with Gasteiger partial charge in [0.25, 0.3) is 0 Å². The molecule has 2 aliphatic rings. The molecule has 3 rings (SSSR count). The maximum absolute atomic E-state index is 12.4. The SMILES string of the molecule is Cc1c(C(=O)O)[nH]c2c1C(=O)CC1(CCCCC1)C2. The summed E-state index contributed by atoms with van der Waals surface area (Å²) in [7, 11) is 0. The smallest absolute Gasteiger partial charge is 0.352 e. The molecule has 1 spiro atoms. The van der Waals surface area contributed by atoms with E-state index >= 15 is 0 Å². The Morgan fingerprint density at radius 2 is 1.89 bits per heavy atom. The van der Waals surface area contributed by atoms with Gasteiger partial charge in [0.15, 0.2) is 5.78 Å². The first-order valence-electron chi connectivity index (χ1n) is 7.00. The van der Waals surface area contributed by atoms with Gasteiger partial charge in [-0.15, -0.1) is 0 Å². The molecule has 0 unspecified atom stereocenters. The third kappa shape index (κ3) is 1.90. The monoisotopic (exact) mass is 261 g/mol. The van der Waals surface area contributed by atoms with Crippen molar-refractivity contribution < 1.29 is 14.7 Å². The van der Waals surface area contributed by atoms with Gasteiger partial charge in [-0.2, -0.15) is 0 Å². The second kappa shape index (κ2) is 4.22. The molecule has 4 heteroatoms. The summed E-state index contributed by atoms with van der Waals surface area (Å²) in [6, 6.07) is 0. The molecule has 1 aromatic rings. The number of carbonyl (C=O) groups excluding carboxylic acids is 1. The second-order valence-electron chi connectivity index (χ2n) is 6.12. The molecule has 0 bridgehead atoms. The summed E-state index contributed by atoms with van der Waals surface area (Å²) in [5, 5.41) is 9.16. The Balaban J connectivity index is 2.02. The van der Waals surface area contributed by atoms with E-state index in [9.17, 15) is 9.59 Å². The van der Waals surface area contributed by atoms with Gasteiger partial charge in [-0.3, -0.25) is 4.79 Å². The average Bonchev–Trinajstić information content (AvgIpc) is 2.67. The molecular formula is C15H19NO3. The molecule has 19 heavy (non-hydrogen) atoms. The van der Waals surface area contributed by atoms with E-state index in [1.54, 1.807) is 6.92 Å². The van der Waals surface area contributed by atoms with E-state index in [2.05, 4.69) is 4.98 Å². The van der Waals surface area contributed by atoms with E-state index in [0.717, 1.165) is 25.0 Å². The zero-order valence-corrected chi connectivity index (χ0v) is 11.2. The number of rotatable bonds is 1. The summed E-state index contributed by atoms with van der Waals surface area (Å²) in [5.74, 6) is -0.846.